The van der Waals surface area contributed by atoms with Gasteiger partial charge in [-0.05, 0) is 55.4 Å². The molecule has 3 rings (SSSR count). The molecule has 0 aliphatic heterocycles. The lowest BCUT2D eigenvalue weighted by Crippen LogP contribution is -2.30. The molecule has 0 bridgehead atoms. The van der Waals surface area contributed by atoms with Gasteiger partial charge in [0, 0.05) is 23.6 Å². The summed E-state index contributed by atoms with van der Waals surface area (Å²) in [5.41, 5.74) is 13.0. The van der Waals surface area contributed by atoms with Crippen LogP contribution in [-0.4, -0.2) is 9.55 Å². The Bertz CT molecular complexity index is 652. The van der Waals surface area contributed by atoms with Crippen LogP contribution in [0.15, 0.2) is 24.5 Å². The van der Waals surface area contributed by atoms with E-state index in [0.717, 1.165) is 12.8 Å². The van der Waals surface area contributed by atoms with Crippen LogP contribution < -0.4 is 5.73 Å². The maximum absolute atomic E-state index is 6.39. The number of rotatable bonds is 1. The predicted molar refractivity (Wildman–Crippen MR) is 82.1 cm³/mol. The van der Waals surface area contributed by atoms with Crippen LogP contribution in [-0.2, 0) is 6.42 Å². The number of fused-ring (bicyclic) bond motifs is 1. The fraction of sp³-hybridized carbons (Fsp3) is 0.471. The van der Waals surface area contributed by atoms with E-state index in [9.17, 15) is 0 Å². The van der Waals surface area contributed by atoms with Gasteiger partial charge in [0.2, 0.25) is 0 Å². The Labute approximate surface area is 120 Å². The van der Waals surface area contributed by atoms with Gasteiger partial charge in [-0.15, -0.1) is 0 Å². The number of nitrogens with two attached hydrogens (primary N) is 1. The van der Waals surface area contributed by atoms with Crippen LogP contribution in [0.25, 0.3) is 5.69 Å². The first-order chi connectivity index (χ1) is 9.39. The second-order valence-electron chi connectivity index (χ2n) is 6.84. The fourth-order valence-corrected chi connectivity index (χ4v) is 3.47. The molecule has 3 heteroatoms. The van der Waals surface area contributed by atoms with Crippen molar-refractivity contribution in [3.05, 3.63) is 47.0 Å². The third-order valence-corrected chi connectivity index (χ3v) is 4.39. The topological polar surface area (TPSA) is 43.8 Å². The Morgan fingerprint density at radius 2 is 2.10 bits per heavy atom. The van der Waals surface area contributed by atoms with Crippen molar-refractivity contribution in [1.29, 1.82) is 0 Å². The van der Waals surface area contributed by atoms with Gasteiger partial charge in [0.1, 0.15) is 0 Å². The van der Waals surface area contributed by atoms with Gasteiger partial charge in [0.15, 0.2) is 0 Å². The molecule has 1 atom stereocenters. The zero-order chi connectivity index (χ0) is 14.5. The maximum Gasteiger partial charge on any atom is 0.0667 e. The first-order valence-electron chi connectivity index (χ1n) is 7.27. The molecule has 106 valence electrons. The molecular weight excluding hydrogens is 246 g/mol. The highest BCUT2D eigenvalue weighted by Gasteiger charge is 2.33. The van der Waals surface area contributed by atoms with Crippen molar-refractivity contribution in [3.63, 3.8) is 0 Å². The largest absolute Gasteiger partial charge is 0.324 e. The standard InChI is InChI=1S/C17H23N3/c1-11-5-6-19-10-16(11)20-12(2)7-13-14(18)8-17(3,4)9-15(13)20/h5-7,10,14H,8-9,18H2,1-4H3. The summed E-state index contributed by atoms with van der Waals surface area (Å²) < 4.78 is 2.35. The molecule has 20 heavy (non-hydrogen) atoms. The van der Waals surface area contributed by atoms with Crippen molar-refractivity contribution in [2.75, 3.05) is 0 Å². The van der Waals surface area contributed by atoms with Gasteiger partial charge in [0.25, 0.3) is 0 Å². The highest BCUT2D eigenvalue weighted by molar-refractivity contribution is 5.46. The van der Waals surface area contributed by atoms with Crippen LogP contribution in [0, 0.1) is 19.3 Å². The van der Waals surface area contributed by atoms with Gasteiger partial charge in [-0.25, -0.2) is 0 Å². The number of aryl methyl sites for hydroxylation is 2. The molecule has 0 aromatic carbocycles. The molecule has 2 aromatic heterocycles. The molecule has 0 saturated heterocycles. The smallest absolute Gasteiger partial charge is 0.0667 e. The Morgan fingerprint density at radius 3 is 2.80 bits per heavy atom. The Balaban J connectivity index is 2.22. The molecule has 1 aliphatic rings. The van der Waals surface area contributed by atoms with Crippen LogP contribution in [0.5, 0.6) is 0 Å². The molecule has 3 nitrogen and oxygen atoms in total. The van der Waals surface area contributed by atoms with Crippen molar-refractivity contribution >= 4 is 0 Å². The highest BCUT2D eigenvalue weighted by atomic mass is 15.0. The van der Waals surface area contributed by atoms with Crippen LogP contribution in [0.1, 0.15) is 48.8 Å². The monoisotopic (exact) mass is 269 g/mol. The van der Waals surface area contributed by atoms with E-state index in [1.165, 1.54) is 28.2 Å². The van der Waals surface area contributed by atoms with Crippen molar-refractivity contribution in [3.8, 4) is 5.69 Å². The molecule has 1 unspecified atom stereocenters. The summed E-state index contributed by atoms with van der Waals surface area (Å²) in [7, 11) is 0. The van der Waals surface area contributed by atoms with Gasteiger partial charge in [-0.2, -0.15) is 0 Å². The Kier molecular flexibility index (Phi) is 2.98. The van der Waals surface area contributed by atoms with E-state index in [0.29, 0.717) is 0 Å². The van der Waals surface area contributed by atoms with E-state index < -0.39 is 0 Å². The molecule has 2 aromatic rings. The minimum Gasteiger partial charge on any atom is -0.324 e. The fourth-order valence-electron chi connectivity index (χ4n) is 3.47. The minimum absolute atomic E-state index is 0.144. The van der Waals surface area contributed by atoms with E-state index >= 15 is 0 Å². The van der Waals surface area contributed by atoms with Gasteiger partial charge in [-0.3, -0.25) is 4.98 Å². The van der Waals surface area contributed by atoms with Crippen LogP contribution in [0.3, 0.4) is 0 Å². The number of hydrogen-bond donors (Lipinski definition) is 1. The zero-order valence-corrected chi connectivity index (χ0v) is 12.8. The predicted octanol–water partition coefficient (Wildman–Crippen LogP) is 3.46. The molecule has 0 spiro atoms. The summed E-state index contributed by atoms with van der Waals surface area (Å²) in [6.45, 7) is 8.90. The molecule has 1 aliphatic carbocycles. The first kappa shape index (κ1) is 13.4. The highest BCUT2D eigenvalue weighted by Crippen LogP contribution is 2.41. The lowest BCUT2D eigenvalue weighted by atomic mass is 9.74. The lowest BCUT2D eigenvalue weighted by molar-refractivity contribution is 0.278. The van der Waals surface area contributed by atoms with Gasteiger partial charge in [0.05, 0.1) is 11.9 Å². The summed E-state index contributed by atoms with van der Waals surface area (Å²) >= 11 is 0. The average molecular weight is 269 g/mol. The summed E-state index contributed by atoms with van der Waals surface area (Å²) in [4.78, 5) is 4.29. The number of nitrogens with zero attached hydrogens (tertiary/aromatic N) is 2. The van der Waals surface area contributed by atoms with Crippen LogP contribution in [0.4, 0.5) is 0 Å². The third kappa shape index (κ3) is 2.06. The quantitative estimate of drug-likeness (QED) is 0.861. The van der Waals surface area contributed by atoms with Gasteiger partial charge in [-0.1, -0.05) is 13.8 Å². The van der Waals surface area contributed by atoms with Gasteiger partial charge < -0.3 is 10.3 Å². The van der Waals surface area contributed by atoms with E-state index in [2.05, 4.69) is 49.4 Å². The maximum atomic E-state index is 6.39. The normalized spacial score (nSPS) is 20.8. The van der Waals surface area contributed by atoms with Crippen molar-refractivity contribution in [2.45, 2.75) is 46.6 Å². The van der Waals surface area contributed by atoms with E-state index in [-0.39, 0.29) is 11.5 Å². The Hall–Kier alpha value is -1.61. The van der Waals surface area contributed by atoms with Crippen molar-refractivity contribution in [1.82, 2.24) is 9.55 Å². The summed E-state index contributed by atoms with van der Waals surface area (Å²) in [5.74, 6) is 0. The molecule has 0 radical (unpaired) electrons. The molecule has 0 amide bonds. The number of pyridine rings is 1. The molecule has 0 fully saturated rings. The number of hydrogen-bond acceptors (Lipinski definition) is 2. The first-order valence-corrected chi connectivity index (χ1v) is 7.27. The van der Waals surface area contributed by atoms with Gasteiger partial charge >= 0.3 is 0 Å². The molecule has 0 saturated carbocycles. The lowest BCUT2D eigenvalue weighted by Gasteiger charge is -2.34. The summed E-state index contributed by atoms with van der Waals surface area (Å²) in [5, 5.41) is 0. The third-order valence-electron chi connectivity index (χ3n) is 4.39. The molecular formula is C17H23N3. The SMILES string of the molecule is Cc1ccncc1-n1c(C)cc2c1CC(C)(C)CC2N. The average Bonchev–Trinajstić information content (AvgIpc) is 2.66. The second-order valence-corrected chi connectivity index (χ2v) is 6.84. The zero-order valence-electron chi connectivity index (χ0n) is 12.8. The van der Waals surface area contributed by atoms with Crippen molar-refractivity contribution < 1.29 is 0 Å². The molecule has 2 N–H and O–H groups in total. The summed E-state index contributed by atoms with van der Waals surface area (Å²) in [6, 6.07) is 4.46. The molecule has 2 heterocycles. The van der Waals surface area contributed by atoms with Crippen molar-refractivity contribution in [2.24, 2.45) is 11.1 Å². The Morgan fingerprint density at radius 1 is 1.35 bits per heavy atom. The second kappa shape index (κ2) is 4.45. The number of aromatic nitrogens is 2. The minimum atomic E-state index is 0.144. The van der Waals surface area contributed by atoms with Crippen LogP contribution >= 0.6 is 0 Å². The summed E-state index contributed by atoms with van der Waals surface area (Å²) in [6.07, 6.45) is 5.92. The van der Waals surface area contributed by atoms with E-state index in [1.807, 2.05) is 12.4 Å². The van der Waals surface area contributed by atoms with E-state index in [1.54, 1.807) is 0 Å². The van der Waals surface area contributed by atoms with Crippen LogP contribution in [0.2, 0.25) is 0 Å². The van der Waals surface area contributed by atoms with E-state index in [4.69, 9.17) is 5.73 Å².